The molecule has 1 saturated carbocycles. The smallest absolute Gasteiger partial charge is 0.223 e. The minimum Gasteiger partial charge on any atom is -0.370 e. The van der Waals surface area contributed by atoms with E-state index in [1.54, 1.807) is 27.9 Å². The molecule has 2 heterocycles. The SMILES string of the molecule is CN1C(=O)C[C@@H](CN=C(N)NC2CCC2)[C@@H]1c1cnn(-c2ccc(F)cc2)c1. The topological polar surface area (TPSA) is 88.5 Å². The molecule has 1 aromatic heterocycles. The predicted octanol–water partition coefficient (Wildman–Crippen LogP) is 1.99. The summed E-state index contributed by atoms with van der Waals surface area (Å²) in [5, 5.41) is 7.62. The van der Waals surface area contributed by atoms with Crippen molar-refractivity contribution >= 4 is 11.9 Å². The zero-order valence-corrected chi connectivity index (χ0v) is 15.9. The van der Waals surface area contributed by atoms with E-state index in [-0.39, 0.29) is 23.7 Å². The summed E-state index contributed by atoms with van der Waals surface area (Å²) in [5.74, 6) is 0.283. The van der Waals surface area contributed by atoms with Gasteiger partial charge in [-0.25, -0.2) is 9.07 Å². The minimum absolute atomic E-state index is 0.0325. The number of carbonyl (C=O) groups is 1. The highest BCUT2D eigenvalue weighted by molar-refractivity contribution is 5.80. The number of aromatic nitrogens is 2. The van der Waals surface area contributed by atoms with E-state index in [2.05, 4.69) is 15.4 Å². The second-order valence-corrected chi connectivity index (χ2v) is 7.61. The average molecular weight is 384 g/mol. The van der Waals surface area contributed by atoms with Crippen molar-refractivity contribution < 1.29 is 9.18 Å². The molecule has 0 bridgehead atoms. The molecule has 28 heavy (non-hydrogen) atoms. The van der Waals surface area contributed by atoms with Crippen LogP contribution in [0.3, 0.4) is 0 Å². The molecule has 8 heteroatoms. The van der Waals surface area contributed by atoms with E-state index in [1.807, 2.05) is 13.2 Å². The number of hydrogen-bond donors (Lipinski definition) is 2. The third-order valence-corrected chi connectivity index (χ3v) is 5.68. The Morgan fingerprint density at radius 3 is 2.79 bits per heavy atom. The number of halogens is 1. The molecule has 1 saturated heterocycles. The lowest BCUT2D eigenvalue weighted by molar-refractivity contribution is -0.127. The van der Waals surface area contributed by atoms with Gasteiger partial charge >= 0.3 is 0 Å². The monoisotopic (exact) mass is 384 g/mol. The normalized spacial score (nSPS) is 23.1. The first-order chi connectivity index (χ1) is 13.5. The lowest BCUT2D eigenvalue weighted by Gasteiger charge is -2.27. The Morgan fingerprint density at radius 1 is 1.36 bits per heavy atom. The van der Waals surface area contributed by atoms with E-state index >= 15 is 0 Å². The molecule has 1 aliphatic heterocycles. The van der Waals surface area contributed by atoms with Gasteiger partial charge in [0.25, 0.3) is 0 Å². The van der Waals surface area contributed by atoms with Crippen molar-refractivity contribution in [3.05, 3.63) is 48.0 Å². The fourth-order valence-electron chi connectivity index (χ4n) is 3.86. The number of nitrogens with zero attached hydrogens (tertiary/aromatic N) is 4. The van der Waals surface area contributed by atoms with Crippen LogP contribution in [0.1, 0.15) is 37.3 Å². The van der Waals surface area contributed by atoms with Crippen LogP contribution in [0.25, 0.3) is 5.69 Å². The van der Waals surface area contributed by atoms with Crippen LogP contribution in [0.15, 0.2) is 41.7 Å². The maximum absolute atomic E-state index is 13.2. The van der Waals surface area contributed by atoms with Gasteiger partial charge in [0.1, 0.15) is 5.82 Å². The van der Waals surface area contributed by atoms with Gasteiger partial charge < -0.3 is 16.0 Å². The van der Waals surface area contributed by atoms with Gasteiger partial charge in [0, 0.05) is 43.7 Å². The molecule has 0 spiro atoms. The summed E-state index contributed by atoms with van der Waals surface area (Å²) >= 11 is 0. The fourth-order valence-corrected chi connectivity index (χ4v) is 3.86. The summed E-state index contributed by atoms with van der Waals surface area (Å²) in [6.07, 6.45) is 7.57. The Hall–Kier alpha value is -2.90. The van der Waals surface area contributed by atoms with Crippen LogP contribution in [0, 0.1) is 11.7 Å². The second kappa shape index (κ2) is 7.61. The molecule has 7 nitrogen and oxygen atoms in total. The molecule has 1 aromatic carbocycles. The van der Waals surface area contributed by atoms with E-state index in [0.29, 0.717) is 25.0 Å². The van der Waals surface area contributed by atoms with Gasteiger partial charge in [-0.2, -0.15) is 5.10 Å². The Kier molecular flexibility index (Phi) is 5.02. The third kappa shape index (κ3) is 3.72. The second-order valence-electron chi connectivity index (χ2n) is 7.61. The standard InChI is InChI=1S/C20H25FN6O/c1-26-18(28)9-13(10-23-20(22)25-16-3-2-4-16)19(26)14-11-24-27(12-14)17-7-5-15(21)6-8-17/h5-8,11-13,16,19H,2-4,9-10H2,1H3,(H3,22,23,25)/t13-,19+/m0/s1. The number of aliphatic imine (C=N–C) groups is 1. The third-order valence-electron chi connectivity index (χ3n) is 5.68. The molecule has 4 rings (SSSR count). The average Bonchev–Trinajstić information content (AvgIpc) is 3.22. The highest BCUT2D eigenvalue weighted by Crippen LogP contribution is 2.37. The highest BCUT2D eigenvalue weighted by atomic mass is 19.1. The van der Waals surface area contributed by atoms with E-state index in [9.17, 15) is 9.18 Å². The maximum atomic E-state index is 13.2. The lowest BCUT2D eigenvalue weighted by Crippen LogP contribution is -2.43. The fraction of sp³-hybridized carbons (Fsp3) is 0.450. The molecule has 2 fully saturated rings. The summed E-state index contributed by atoms with van der Waals surface area (Å²) in [4.78, 5) is 18.6. The Bertz CT molecular complexity index is 873. The summed E-state index contributed by atoms with van der Waals surface area (Å²) in [6.45, 7) is 0.480. The zero-order chi connectivity index (χ0) is 19.7. The van der Waals surface area contributed by atoms with Gasteiger partial charge in [-0.3, -0.25) is 9.79 Å². The highest BCUT2D eigenvalue weighted by Gasteiger charge is 2.39. The van der Waals surface area contributed by atoms with Gasteiger partial charge in [-0.15, -0.1) is 0 Å². The molecular formula is C20H25FN6O. The first kappa shape index (κ1) is 18.5. The number of amides is 1. The van der Waals surface area contributed by atoms with Gasteiger partial charge in [0.05, 0.1) is 17.9 Å². The Balaban J connectivity index is 1.50. The Morgan fingerprint density at radius 2 is 2.11 bits per heavy atom. The van der Waals surface area contributed by atoms with Crippen LogP contribution in [0.5, 0.6) is 0 Å². The number of guanidine groups is 1. The van der Waals surface area contributed by atoms with Crippen LogP contribution in [-0.4, -0.2) is 46.2 Å². The van der Waals surface area contributed by atoms with Gasteiger partial charge in [0.15, 0.2) is 5.96 Å². The van der Waals surface area contributed by atoms with E-state index < -0.39 is 0 Å². The van der Waals surface area contributed by atoms with Gasteiger partial charge in [0.2, 0.25) is 5.91 Å². The quantitative estimate of drug-likeness (QED) is 0.610. The summed E-state index contributed by atoms with van der Waals surface area (Å²) < 4.78 is 14.8. The number of nitrogens with one attached hydrogen (secondary N) is 1. The van der Waals surface area contributed by atoms with Crippen molar-refractivity contribution in [2.75, 3.05) is 13.6 Å². The number of hydrogen-bond acceptors (Lipinski definition) is 3. The molecular weight excluding hydrogens is 359 g/mol. The number of nitrogens with two attached hydrogens (primary N) is 1. The van der Waals surface area contributed by atoms with Crippen LogP contribution in [0.2, 0.25) is 0 Å². The van der Waals surface area contributed by atoms with Crippen LogP contribution < -0.4 is 11.1 Å². The molecule has 2 aromatic rings. The molecule has 1 amide bonds. The van der Waals surface area contributed by atoms with E-state index in [0.717, 1.165) is 24.1 Å². The van der Waals surface area contributed by atoms with Crippen molar-refractivity contribution in [2.24, 2.45) is 16.6 Å². The first-order valence-electron chi connectivity index (χ1n) is 9.64. The van der Waals surface area contributed by atoms with Crippen molar-refractivity contribution in [3.63, 3.8) is 0 Å². The summed E-state index contributed by atoms with van der Waals surface area (Å²) in [5.41, 5.74) is 7.70. The molecule has 3 N–H and O–H groups in total. The molecule has 0 unspecified atom stereocenters. The van der Waals surface area contributed by atoms with Crippen LogP contribution >= 0.6 is 0 Å². The maximum Gasteiger partial charge on any atom is 0.223 e. The number of carbonyl (C=O) groups excluding carboxylic acids is 1. The number of likely N-dealkylation sites (tertiary alicyclic amines) is 1. The number of benzene rings is 1. The first-order valence-corrected chi connectivity index (χ1v) is 9.64. The lowest BCUT2D eigenvalue weighted by atomic mass is 9.93. The zero-order valence-electron chi connectivity index (χ0n) is 15.9. The predicted molar refractivity (Wildman–Crippen MR) is 104 cm³/mol. The molecule has 0 radical (unpaired) electrons. The van der Waals surface area contributed by atoms with Crippen LogP contribution in [-0.2, 0) is 4.79 Å². The van der Waals surface area contributed by atoms with Crippen molar-refractivity contribution in [1.29, 1.82) is 0 Å². The summed E-state index contributed by atoms with van der Waals surface area (Å²) in [6, 6.07) is 6.46. The van der Waals surface area contributed by atoms with Gasteiger partial charge in [-0.05, 0) is 43.5 Å². The van der Waals surface area contributed by atoms with Crippen molar-refractivity contribution in [2.45, 2.75) is 37.8 Å². The summed E-state index contributed by atoms with van der Waals surface area (Å²) in [7, 11) is 1.81. The molecule has 2 atom stereocenters. The van der Waals surface area contributed by atoms with E-state index in [1.165, 1.54) is 18.6 Å². The molecule has 148 valence electrons. The molecule has 1 aliphatic carbocycles. The van der Waals surface area contributed by atoms with Gasteiger partial charge in [-0.1, -0.05) is 0 Å². The van der Waals surface area contributed by atoms with Crippen molar-refractivity contribution in [3.8, 4) is 5.69 Å². The van der Waals surface area contributed by atoms with E-state index in [4.69, 9.17) is 5.73 Å². The minimum atomic E-state index is -0.289. The Labute approximate surface area is 163 Å². The van der Waals surface area contributed by atoms with Crippen molar-refractivity contribution in [1.82, 2.24) is 20.0 Å². The largest absolute Gasteiger partial charge is 0.370 e. The number of rotatable bonds is 5. The molecule has 2 aliphatic rings. The van der Waals surface area contributed by atoms with Crippen LogP contribution in [0.4, 0.5) is 4.39 Å².